The van der Waals surface area contributed by atoms with Gasteiger partial charge in [-0.1, -0.05) is 6.92 Å². The van der Waals surface area contributed by atoms with Gasteiger partial charge in [-0.2, -0.15) is 11.8 Å². The Morgan fingerprint density at radius 3 is 1.94 bits per heavy atom. The van der Waals surface area contributed by atoms with Crippen LogP contribution in [0.2, 0.25) is 0 Å². The summed E-state index contributed by atoms with van der Waals surface area (Å²) in [5.41, 5.74) is 0. The van der Waals surface area contributed by atoms with Crippen LogP contribution in [0.3, 0.4) is 0 Å². The maximum Gasteiger partial charge on any atom is 2.00 e. The molecule has 2 fully saturated rings. The molecule has 1 nitrogen and oxygen atoms in total. The van der Waals surface area contributed by atoms with Gasteiger partial charge in [0, 0.05) is 5.92 Å². The molecular weight excluding hydrogens is 284 g/mol. The van der Waals surface area contributed by atoms with Crippen molar-refractivity contribution in [3.05, 3.63) is 63.7 Å². The van der Waals surface area contributed by atoms with Crippen molar-refractivity contribution in [2.75, 3.05) is 11.5 Å². The third-order valence-corrected chi connectivity index (χ3v) is 3.29. The molecule has 0 aliphatic heterocycles. The Bertz CT molecular complexity index is 191. The molecule has 0 heterocycles. The summed E-state index contributed by atoms with van der Waals surface area (Å²) in [4.78, 5) is 11.4. The molecule has 0 aromatic rings. The summed E-state index contributed by atoms with van der Waals surface area (Å²) in [5, 5.41) is 0. The summed E-state index contributed by atoms with van der Waals surface area (Å²) in [6.07, 6.45) is 18.7. The molecule has 2 aliphatic carbocycles. The van der Waals surface area contributed by atoms with Crippen molar-refractivity contribution in [3.8, 4) is 0 Å². The van der Waals surface area contributed by atoms with Gasteiger partial charge in [-0.15, -0.1) is 0 Å². The molecule has 0 unspecified atom stereocenters. The van der Waals surface area contributed by atoms with E-state index >= 15 is 0 Å². The number of Topliss-reactive ketones (excluding diaryl/α,β-unsaturated/α-hetero) is 1. The first-order valence-electron chi connectivity index (χ1n) is 5.84. The second kappa shape index (κ2) is 12.6. The second-order valence-corrected chi connectivity index (χ2v) is 4.72. The van der Waals surface area contributed by atoms with Gasteiger partial charge in [-0.3, -0.25) is 4.79 Å². The maximum atomic E-state index is 11.4. The average Bonchev–Trinajstić information content (AvgIpc) is 3.05. The predicted octanol–water partition coefficient (Wildman–Crippen LogP) is 3.12. The van der Waals surface area contributed by atoms with Gasteiger partial charge in [0.15, 0.2) is 0 Å². The topological polar surface area (TPSA) is 17.1 Å². The minimum absolute atomic E-state index is 0. The maximum absolute atomic E-state index is 11.4. The standard InChI is InChI=1S/C10H13OS.C5H5.Fe/c1-2-7-12-8-10(11)9-5-3-4-6-9;1-2-4-5-3-1;/h3-6H,2,7-8H2,1H3;1-5H;/q;;+2. The number of carbonyl (C=O) groups is 1. The summed E-state index contributed by atoms with van der Waals surface area (Å²) < 4.78 is 0. The summed E-state index contributed by atoms with van der Waals surface area (Å²) in [5.74, 6) is 2.79. The van der Waals surface area contributed by atoms with Crippen molar-refractivity contribution >= 4 is 17.5 Å². The molecule has 2 saturated carbocycles. The van der Waals surface area contributed by atoms with Gasteiger partial charge in [-0.25, -0.2) is 0 Å². The fourth-order valence-electron chi connectivity index (χ4n) is 1.27. The predicted molar refractivity (Wildman–Crippen MR) is 74.6 cm³/mol. The van der Waals surface area contributed by atoms with Gasteiger partial charge < -0.3 is 0 Å². The van der Waals surface area contributed by atoms with Gasteiger partial charge in [0.1, 0.15) is 5.78 Å². The SMILES string of the molecule is CCCSCC(=O)[C]1[CH][CH][CH][CH]1.[CH]1[CH][CH][CH][CH]1.[Fe+2]. The first-order chi connectivity index (χ1) is 8.34. The van der Waals surface area contributed by atoms with E-state index in [0.717, 1.165) is 18.1 Å². The molecule has 96 valence electrons. The quantitative estimate of drug-likeness (QED) is 0.573. The van der Waals surface area contributed by atoms with Gasteiger partial charge in [0.2, 0.25) is 0 Å². The van der Waals surface area contributed by atoms with E-state index in [4.69, 9.17) is 0 Å². The number of ketones is 1. The van der Waals surface area contributed by atoms with Crippen molar-refractivity contribution in [2.45, 2.75) is 13.3 Å². The van der Waals surface area contributed by atoms with Crippen LogP contribution in [0, 0.1) is 63.7 Å². The summed E-state index contributed by atoms with van der Waals surface area (Å²) in [6, 6.07) is 0. The Morgan fingerprint density at radius 1 is 1.00 bits per heavy atom. The first-order valence-corrected chi connectivity index (χ1v) is 6.99. The van der Waals surface area contributed by atoms with Crippen LogP contribution < -0.4 is 0 Å². The van der Waals surface area contributed by atoms with Gasteiger partial charge in [0.05, 0.1) is 5.75 Å². The molecule has 0 aromatic carbocycles. The molecule has 2 aliphatic rings. The third-order valence-electron chi connectivity index (χ3n) is 2.12. The zero-order chi connectivity index (χ0) is 12.3. The van der Waals surface area contributed by atoms with Crippen LogP contribution in [-0.2, 0) is 21.9 Å². The van der Waals surface area contributed by atoms with Crippen LogP contribution in [-0.4, -0.2) is 17.3 Å². The summed E-state index contributed by atoms with van der Waals surface area (Å²) in [6.45, 7) is 2.12. The summed E-state index contributed by atoms with van der Waals surface area (Å²) in [7, 11) is 0. The van der Waals surface area contributed by atoms with E-state index in [2.05, 4.69) is 6.92 Å². The van der Waals surface area contributed by atoms with E-state index in [1.807, 2.05) is 57.8 Å². The van der Waals surface area contributed by atoms with Crippen molar-refractivity contribution in [1.29, 1.82) is 0 Å². The van der Waals surface area contributed by atoms with E-state index in [0.29, 0.717) is 5.75 Å². The van der Waals surface area contributed by atoms with Crippen molar-refractivity contribution in [2.24, 2.45) is 0 Å². The molecule has 18 heavy (non-hydrogen) atoms. The Morgan fingerprint density at radius 2 is 1.50 bits per heavy atom. The molecule has 0 spiro atoms. The van der Waals surface area contributed by atoms with E-state index in [1.54, 1.807) is 11.8 Å². The molecule has 3 heteroatoms. The molecule has 0 aromatic heterocycles. The van der Waals surface area contributed by atoms with Crippen molar-refractivity contribution in [1.82, 2.24) is 0 Å². The van der Waals surface area contributed by atoms with Gasteiger partial charge in [0.25, 0.3) is 0 Å². The van der Waals surface area contributed by atoms with Crippen molar-refractivity contribution in [3.63, 3.8) is 0 Å². The van der Waals surface area contributed by atoms with Gasteiger partial charge in [-0.05, 0) is 70.0 Å². The van der Waals surface area contributed by atoms with Crippen LogP contribution in [0.15, 0.2) is 0 Å². The van der Waals surface area contributed by atoms with E-state index in [-0.39, 0.29) is 22.9 Å². The van der Waals surface area contributed by atoms with Crippen LogP contribution >= 0.6 is 11.8 Å². The Kier molecular flexibility index (Phi) is 12.9. The van der Waals surface area contributed by atoms with Crippen LogP contribution in [0.4, 0.5) is 0 Å². The van der Waals surface area contributed by atoms with Crippen LogP contribution in [0.5, 0.6) is 0 Å². The number of rotatable bonds is 5. The zero-order valence-electron chi connectivity index (χ0n) is 10.5. The fourth-order valence-corrected chi connectivity index (χ4v) is 2.06. The summed E-state index contributed by atoms with van der Waals surface area (Å²) >= 11 is 1.71. The number of hydrogen-bond acceptors (Lipinski definition) is 2. The second-order valence-electron chi connectivity index (χ2n) is 3.61. The largest absolute Gasteiger partial charge is 2.00 e. The molecule has 0 atom stereocenters. The van der Waals surface area contributed by atoms with Gasteiger partial charge >= 0.3 is 17.1 Å². The molecule has 0 amide bonds. The smallest absolute Gasteiger partial charge is 0.298 e. The minimum atomic E-state index is 0. The van der Waals surface area contributed by atoms with Crippen LogP contribution in [0.1, 0.15) is 13.3 Å². The molecule has 10 radical (unpaired) electrons. The van der Waals surface area contributed by atoms with Crippen LogP contribution in [0.25, 0.3) is 0 Å². The Hall–Kier alpha value is 0.539. The minimum Gasteiger partial charge on any atom is -0.298 e. The molecule has 2 rings (SSSR count). The zero-order valence-corrected chi connectivity index (χ0v) is 12.4. The van der Waals surface area contributed by atoms with E-state index in [9.17, 15) is 4.79 Å². The Balaban J connectivity index is 0.000000405. The number of hydrogen-bond donors (Lipinski definition) is 0. The third kappa shape index (κ3) is 8.61. The molecule has 0 saturated heterocycles. The van der Waals surface area contributed by atoms with Crippen molar-refractivity contribution < 1.29 is 21.9 Å². The average molecular weight is 302 g/mol. The molecular formula is C15H18FeOS+2. The van der Waals surface area contributed by atoms with E-state index in [1.165, 1.54) is 0 Å². The molecule has 0 bridgehead atoms. The fraction of sp³-hybridized carbons (Fsp3) is 0.267. The molecule has 0 N–H and O–H groups in total. The normalized spacial score (nSPS) is 18.9. The van der Waals surface area contributed by atoms with E-state index < -0.39 is 0 Å². The number of thioether (sulfide) groups is 1. The first kappa shape index (κ1) is 18.5. The Labute approximate surface area is 128 Å². The monoisotopic (exact) mass is 302 g/mol. The number of carbonyl (C=O) groups excluding carboxylic acids is 1.